The summed E-state index contributed by atoms with van der Waals surface area (Å²) in [5.41, 5.74) is 1.17. The second-order valence-electron chi connectivity index (χ2n) is 5.90. The second-order valence-corrected chi connectivity index (χ2v) is 8.02. The summed E-state index contributed by atoms with van der Waals surface area (Å²) in [7, 11) is -3.71. The Morgan fingerprint density at radius 3 is 2.39 bits per heavy atom. The quantitative estimate of drug-likeness (QED) is 0.891. The summed E-state index contributed by atoms with van der Waals surface area (Å²) < 4.78 is 27.3. The fourth-order valence-electron chi connectivity index (χ4n) is 2.46. The summed E-state index contributed by atoms with van der Waals surface area (Å²) in [4.78, 5) is 12.1. The molecule has 0 aromatic heterocycles. The zero-order valence-electron chi connectivity index (χ0n) is 12.6. The minimum Gasteiger partial charge on any atom is -0.325 e. The summed E-state index contributed by atoms with van der Waals surface area (Å²) in [6.07, 6.45) is 0. The Hall–Kier alpha value is -2.05. The van der Waals surface area contributed by atoms with Crippen LogP contribution in [0.5, 0.6) is 0 Å². The molecule has 0 saturated carbocycles. The Balaban J connectivity index is 1.94. The first-order chi connectivity index (χ1) is 10.7. The molecule has 0 saturated heterocycles. The SMILES string of the molecule is CC1(C)C(=O)Nc2ccc(NS(=O)(=O)c3ccc(Cl)cc3)cc21. The lowest BCUT2D eigenvalue weighted by Crippen LogP contribution is -2.26. The number of nitrogens with one attached hydrogen (secondary N) is 2. The van der Waals surface area contributed by atoms with Crippen molar-refractivity contribution in [3.8, 4) is 0 Å². The summed E-state index contributed by atoms with van der Waals surface area (Å²) in [6.45, 7) is 3.59. The topological polar surface area (TPSA) is 75.3 Å². The van der Waals surface area contributed by atoms with Gasteiger partial charge in [-0.05, 0) is 61.9 Å². The minimum absolute atomic E-state index is 0.106. The van der Waals surface area contributed by atoms with E-state index in [0.29, 0.717) is 16.4 Å². The smallest absolute Gasteiger partial charge is 0.261 e. The van der Waals surface area contributed by atoms with Gasteiger partial charge >= 0.3 is 0 Å². The third-order valence-electron chi connectivity index (χ3n) is 3.88. The minimum atomic E-state index is -3.71. The number of carbonyl (C=O) groups is 1. The monoisotopic (exact) mass is 350 g/mol. The van der Waals surface area contributed by atoms with Crippen LogP contribution in [-0.4, -0.2) is 14.3 Å². The van der Waals surface area contributed by atoms with Crippen LogP contribution in [0.1, 0.15) is 19.4 Å². The van der Waals surface area contributed by atoms with Gasteiger partial charge < -0.3 is 5.32 Å². The number of halogens is 1. The van der Waals surface area contributed by atoms with Crippen LogP contribution < -0.4 is 10.0 Å². The molecule has 1 amide bonds. The Bertz CT molecular complexity index is 890. The fraction of sp³-hybridized carbons (Fsp3) is 0.188. The molecule has 0 unspecified atom stereocenters. The molecule has 0 atom stereocenters. The average Bonchev–Trinajstić information content (AvgIpc) is 2.70. The Morgan fingerprint density at radius 2 is 1.74 bits per heavy atom. The second kappa shape index (κ2) is 5.25. The van der Waals surface area contributed by atoms with Crippen molar-refractivity contribution in [1.82, 2.24) is 0 Å². The molecule has 23 heavy (non-hydrogen) atoms. The fourth-order valence-corrected chi connectivity index (χ4v) is 3.64. The van der Waals surface area contributed by atoms with Gasteiger partial charge in [0.05, 0.1) is 10.3 Å². The number of anilines is 2. The van der Waals surface area contributed by atoms with Crippen molar-refractivity contribution in [2.24, 2.45) is 0 Å². The molecule has 2 aromatic rings. The lowest BCUT2D eigenvalue weighted by Gasteiger charge is -2.16. The molecule has 7 heteroatoms. The van der Waals surface area contributed by atoms with Crippen molar-refractivity contribution in [3.05, 3.63) is 53.1 Å². The van der Waals surface area contributed by atoms with E-state index in [2.05, 4.69) is 10.0 Å². The lowest BCUT2D eigenvalue weighted by atomic mass is 9.86. The molecule has 120 valence electrons. The zero-order chi connectivity index (χ0) is 16.8. The van der Waals surface area contributed by atoms with Crippen LogP contribution in [0.2, 0.25) is 5.02 Å². The van der Waals surface area contributed by atoms with E-state index in [4.69, 9.17) is 11.6 Å². The summed E-state index contributed by atoms with van der Waals surface area (Å²) in [6, 6.07) is 10.9. The van der Waals surface area contributed by atoms with Crippen molar-refractivity contribution in [3.63, 3.8) is 0 Å². The molecule has 1 aliphatic rings. The number of rotatable bonds is 3. The first-order valence-corrected chi connectivity index (χ1v) is 8.81. The van der Waals surface area contributed by atoms with Crippen LogP contribution in [0, 0.1) is 0 Å². The van der Waals surface area contributed by atoms with Crippen molar-refractivity contribution in [1.29, 1.82) is 0 Å². The van der Waals surface area contributed by atoms with Crippen LogP contribution in [0.3, 0.4) is 0 Å². The van der Waals surface area contributed by atoms with E-state index in [-0.39, 0.29) is 10.8 Å². The number of benzene rings is 2. The van der Waals surface area contributed by atoms with Gasteiger partial charge in [-0.3, -0.25) is 9.52 Å². The number of sulfonamides is 1. The number of fused-ring (bicyclic) bond motifs is 1. The maximum Gasteiger partial charge on any atom is 0.261 e. The standard InChI is InChI=1S/C16H15ClN2O3S/c1-16(2)13-9-11(5-8-14(13)18-15(16)20)19-23(21,22)12-6-3-10(17)4-7-12/h3-9,19H,1-2H3,(H,18,20). The van der Waals surface area contributed by atoms with Crippen molar-refractivity contribution in [2.45, 2.75) is 24.2 Å². The van der Waals surface area contributed by atoms with Gasteiger partial charge in [0.25, 0.3) is 10.0 Å². The molecule has 1 aliphatic heterocycles. The average molecular weight is 351 g/mol. The highest BCUT2D eigenvalue weighted by Crippen LogP contribution is 2.39. The predicted octanol–water partition coefficient (Wildman–Crippen LogP) is 3.37. The van der Waals surface area contributed by atoms with E-state index in [9.17, 15) is 13.2 Å². The third-order valence-corrected chi connectivity index (χ3v) is 5.53. The molecule has 2 N–H and O–H groups in total. The highest BCUT2D eigenvalue weighted by Gasteiger charge is 2.38. The number of hydrogen-bond donors (Lipinski definition) is 2. The molecule has 0 fully saturated rings. The van der Waals surface area contributed by atoms with Gasteiger partial charge in [0.2, 0.25) is 5.91 Å². The van der Waals surface area contributed by atoms with E-state index in [1.807, 2.05) is 0 Å². The van der Waals surface area contributed by atoms with Gasteiger partial charge in [-0.2, -0.15) is 0 Å². The molecule has 0 radical (unpaired) electrons. The summed E-state index contributed by atoms with van der Waals surface area (Å²) in [5.74, 6) is -0.106. The van der Waals surface area contributed by atoms with Crippen LogP contribution in [0.15, 0.2) is 47.4 Å². The molecule has 0 bridgehead atoms. The van der Waals surface area contributed by atoms with Gasteiger partial charge in [0.15, 0.2) is 0 Å². The first-order valence-electron chi connectivity index (χ1n) is 6.94. The van der Waals surface area contributed by atoms with Gasteiger partial charge in [0.1, 0.15) is 0 Å². The number of carbonyl (C=O) groups excluding carboxylic acids is 1. The van der Waals surface area contributed by atoms with E-state index < -0.39 is 15.4 Å². The molecular formula is C16H15ClN2O3S. The van der Waals surface area contributed by atoms with E-state index >= 15 is 0 Å². The van der Waals surface area contributed by atoms with Gasteiger partial charge in [-0.25, -0.2) is 8.42 Å². The molecular weight excluding hydrogens is 336 g/mol. The molecule has 5 nitrogen and oxygen atoms in total. The highest BCUT2D eigenvalue weighted by atomic mass is 35.5. The summed E-state index contributed by atoms with van der Waals surface area (Å²) >= 11 is 5.78. The Morgan fingerprint density at radius 1 is 1.09 bits per heavy atom. The van der Waals surface area contributed by atoms with Crippen molar-refractivity contribution in [2.75, 3.05) is 10.0 Å². The maximum atomic E-state index is 12.4. The third kappa shape index (κ3) is 2.80. The van der Waals surface area contributed by atoms with E-state index in [1.54, 1.807) is 32.0 Å². The van der Waals surface area contributed by atoms with Crippen LogP contribution in [-0.2, 0) is 20.2 Å². The largest absolute Gasteiger partial charge is 0.325 e. The molecule has 0 aliphatic carbocycles. The molecule has 3 rings (SSSR count). The predicted molar refractivity (Wildman–Crippen MR) is 90.4 cm³/mol. The molecule has 0 spiro atoms. The van der Waals surface area contributed by atoms with E-state index in [0.717, 1.165) is 5.56 Å². The van der Waals surface area contributed by atoms with Crippen molar-refractivity contribution < 1.29 is 13.2 Å². The molecule has 2 aromatic carbocycles. The van der Waals surface area contributed by atoms with Crippen LogP contribution >= 0.6 is 11.6 Å². The van der Waals surface area contributed by atoms with Crippen molar-refractivity contribution >= 4 is 38.9 Å². The van der Waals surface area contributed by atoms with Crippen LogP contribution in [0.4, 0.5) is 11.4 Å². The number of hydrogen-bond acceptors (Lipinski definition) is 3. The van der Waals surface area contributed by atoms with Gasteiger partial charge in [-0.15, -0.1) is 0 Å². The van der Waals surface area contributed by atoms with Crippen LogP contribution in [0.25, 0.3) is 0 Å². The van der Waals surface area contributed by atoms with Gasteiger partial charge in [-0.1, -0.05) is 11.6 Å². The van der Waals surface area contributed by atoms with Gasteiger partial charge in [0, 0.05) is 16.4 Å². The number of amides is 1. The highest BCUT2D eigenvalue weighted by molar-refractivity contribution is 7.92. The zero-order valence-corrected chi connectivity index (χ0v) is 14.1. The first kappa shape index (κ1) is 15.8. The lowest BCUT2D eigenvalue weighted by molar-refractivity contribution is -0.119. The summed E-state index contributed by atoms with van der Waals surface area (Å²) in [5, 5.41) is 3.25. The Labute approximate surface area is 139 Å². The maximum absolute atomic E-state index is 12.4. The molecule has 1 heterocycles. The van der Waals surface area contributed by atoms with E-state index in [1.165, 1.54) is 24.3 Å². The Kier molecular flexibility index (Phi) is 3.61. The normalized spacial score (nSPS) is 15.9.